The predicted octanol–water partition coefficient (Wildman–Crippen LogP) is 0.167. The highest BCUT2D eigenvalue weighted by Gasteiger charge is 2.21. The zero-order valence-corrected chi connectivity index (χ0v) is 12.1. The van der Waals surface area contributed by atoms with Gasteiger partial charge >= 0.3 is 0 Å². The molecule has 1 heterocycles. The Balaban J connectivity index is 1.57. The maximum absolute atomic E-state index is 12.1. The number of rotatable bonds is 7. The van der Waals surface area contributed by atoms with E-state index >= 15 is 0 Å². The first-order valence-corrected chi connectivity index (χ1v) is 7.50. The summed E-state index contributed by atoms with van der Waals surface area (Å²) in [4.78, 5) is 16.1. The van der Waals surface area contributed by atoms with Gasteiger partial charge in [0.15, 0.2) is 0 Å². The lowest BCUT2D eigenvalue weighted by molar-refractivity contribution is -0.131. The summed E-state index contributed by atoms with van der Waals surface area (Å²) in [7, 11) is 1.87. The largest absolute Gasteiger partial charge is 0.379 e. The van der Waals surface area contributed by atoms with Gasteiger partial charge in [0.25, 0.3) is 0 Å². The lowest BCUT2D eigenvalue weighted by Crippen LogP contribution is -2.41. The Morgan fingerprint density at radius 2 is 2.21 bits per heavy atom. The fraction of sp³-hybridized carbons (Fsp3) is 0.929. The number of hydrogen-bond donors (Lipinski definition) is 1. The van der Waals surface area contributed by atoms with Crippen molar-refractivity contribution in [2.24, 2.45) is 5.92 Å². The minimum atomic E-state index is 0.205. The summed E-state index contributed by atoms with van der Waals surface area (Å²) in [6, 6.07) is 0. The number of nitrogens with zero attached hydrogens (tertiary/aromatic N) is 2. The Hall–Kier alpha value is -0.650. The van der Waals surface area contributed by atoms with Crippen molar-refractivity contribution >= 4 is 5.91 Å². The van der Waals surface area contributed by atoms with E-state index < -0.39 is 0 Å². The second-order valence-electron chi connectivity index (χ2n) is 5.71. The zero-order chi connectivity index (χ0) is 13.5. The summed E-state index contributed by atoms with van der Waals surface area (Å²) in [5, 5.41) is 3.35. The normalized spacial score (nSPS) is 21.1. The van der Waals surface area contributed by atoms with Gasteiger partial charge in [0.05, 0.1) is 13.2 Å². The maximum Gasteiger partial charge on any atom is 0.236 e. The molecular formula is C14H27N3O2. The molecule has 0 bridgehead atoms. The van der Waals surface area contributed by atoms with Crippen LogP contribution in [0.2, 0.25) is 0 Å². The van der Waals surface area contributed by atoms with Crippen LogP contribution in [0, 0.1) is 5.92 Å². The molecule has 1 saturated heterocycles. The van der Waals surface area contributed by atoms with Gasteiger partial charge < -0.3 is 15.0 Å². The molecule has 1 N–H and O–H groups in total. The molecule has 1 aliphatic carbocycles. The van der Waals surface area contributed by atoms with Gasteiger partial charge in [0.2, 0.25) is 5.91 Å². The Labute approximate surface area is 116 Å². The van der Waals surface area contributed by atoms with E-state index in [1.807, 2.05) is 7.05 Å². The smallest absolute Gasteiger partial charge is 0.236 e. The number of likely N-dealkylation sites (N-methyl/N-ethyl adjacent to an activating group) is 1. The molecule has 0 radical (unpaired) electrons. The van der Waals surface area contributed by atoms with E-state index in [9.17, 15) is 4.79 Å². The number of amides is 1. The lowest BCUT2D eigenvalue weighted by Gasteiger charge is -2.23. The standard InChI is InChI=1S/C14H27N3O2/c1-16(9-10-19-12-13-3-4-13)14(18)11-17-7-2-5-15-6-8-17/h13,15H,2-12H2,1H3. The summed E-state index contributed by atoms with van der Waals surface area (Å²) >= 11 is 0. The average Bonchev–Trinajstić information content (AvgIpc) is 3.22. The van der Waals surface area contributed by atoms with Crippen molar-refractivity contribution in [3.05, 3.63) is 0 Å². The number of carbonyl (C=O) groups excluding carboxylic acids is 1. The van der Waals surface area contributed by atoms with Gasteiger partial charge in [-0.1, -0.05) is 0 Å². The van der Waals surface area contributed by atoms with Crippen LogP contribution >= 0.6 is 0 Å². The highest BCUT2D eigenvalue weighted by atomic mass is 16.5. The van der Waals surface area contributed by atoms with Gasteiger partial charge in [0, 0.05) is 33.3 Å². The molecule has 0 atom stereocenters. The molecule has 0 unspecified atom stereocenters. The second kappa shape index (κ2) is 7.82. The van der Waals surface area contributed by atoms with E-state index in [2.05, 4.69) is 10.2 Å². The summed E-state index contributed by atoms with van der Waals surface area (Å²) in [6.07, 6.45) is 3.76. The van der Waals surface area contributed by atoms with Gasteiger partial charge in [-0.05, 0) is 38.3 Å². The van der Waals surface area contributed by atoms with Gasteiger partial charge in [-0.2, -0.15) is 0 Å². The SMILES string of the molecule is CN(CCOCC1CC1)C(=O)CN1CCCNCC1. The molecule has 1 saturated carbocycles. The van der Waals surface area contributed by atoms with Crippen molar-refractivity contribution in [3.63, 3.8) is 0 Å². The van der Waals surface area contributed by atoms with E-state index in [4.69, 9.17) is 4.74 Å². The van der Waals surface area contributed by atoms with Gasteiger partial charge in [0.1, 0.15) is 0 Å². The summed E-state index contributed by atoms with van der Waals surface area (Å²) in [5.74, 6) is 1.00. The van der Waals surface area contributed by atoms with Gasteiger partial charge in [-0.25, -0.2) is 0 Å². The minimum Gasteiger partial charge on any atom is -0.379 e. The molecule has 0 aromatic carbocycles. The van der Waals surface area contributed by atoms with Crippen LogP contribution in [0.4, 0.5) is 0 Å². The van der Waals surface area contributed by atoms with E-state index in [0.717, 1.165) is 45.1 Å². The molecule has 1 aliphatic heterocycles. The third kappa shape index (κ3) is 5.89. The third-order valence-corrected chi connectivity index (χ3v) is 3.84. The van der Waals surface area contributed by atoms with E-state index in [1.165, 1.54) is 12.8 Å². The van der Waals surface area contributed by atoms with Gasteiger partial charge in [-0.3, -0.25) is 9.69 Å². The molecular weight excluding hydrogens is 242 g/mol. The summed E-state index contributed by atoms with van der Waals surface area (Å²) in [5.41, 5.74) is 0. The lowest BCUT2D eigenvalue weighted by atomic mass is 10.3. The molecule has 2 aliphatic rings. The van der Waals surface area contributed by atoms with Gasteiger partial charge in [-0.15, -0.1) is 0 Å². The van der Waals surface area contributed by atoms with E-state index in [-0.39, 0.29) is 5.91 Å². The molecule has 110 valence electrons. The first kappa shape index (κ1) is 14.8. The maximum atomic E-state index is 12.1. The van der Waals surface area contributed by atoms with Crippen LogP contribution in [0.3, 0.4) is 0 Å². The molecule has 1 amide bonds. The molecule has 2 rings (SSSR count). The van der Waals surface area contributed by atoms with Crippen LogP contribution < -0.4 is 5.32 Å². The first-order chi connectivity index (χ1) is 9.25. The predicted molar refractivity (Wildman–Crippen MR) is 75.1 cm³/mol. The molecule has 19 heavy (non-hydrogen) atoms. The Morgan fingerprint density at radius 3 is 3.00 bits per heavy atom. The molecule has 2 fully saturated rings. The van der Waals surface area contributed by atoms with Crippen LogP contribution in [0.15, 0.2) is 0 Å². The molecule has 0 spiro atoms. The average molecular weight is 269 g/mol. The van der Waals surface area contributed by atoms with Crippen molar-refractivity contribution in [2.45, 2.75) is 19.3 Å². The summed E-state index contributed by atoms with van der Waals surface area (Å²) in [6.45, 7) is 6.83. The fourth-order valence-electron chi connectivity index (χ4n) is 2.23. The number of ether oxygens (including phenoxy) is 1. The molecule has 0 aromatic rings. The van der Waals surface area contributed by atoms with E-state index in [1.54, 1.807) is 4.90 Å². The third-order valence-electron chi connectivity index (χ3n) is 3.84. The molecule has 5 heteroatoms. The molecule has 5 nitrogen and oxygen atoms in total. The van der Waals surface area contributed by atoms with Crippen LogP contribution in [0.25, 0.3) is 0 Å². The van der Waals surface area contributed by atoms with Crippen molar-refractivity contribution in [1.29, 1.82) is 0 Å². The zero-order valence-electron chi connectivity index (χ0n) is 12.1. The quantitative estimate of drug-likeness (QED) is 0.669. The Bertz CT molecular complexity index is 274. The topological polar surface area (TPSA) is 44.8 Å². The van der Waals surface area contributed by atoms with Crippen molar-refractivity contribution in [3.8, 4) is 0 Å². The highest BCUT2D eigenvalue weighted by Crippen LogP contribution is 2.28. The Kier molecular flexibility index (Phi) is 6.07. The van der Waals surface area contributed by atoms with Crippen molar-refractivity contribution < 1.29 is 9.53 Å². The van der Waals surface area contributed by atoms with Crippen LogP contribution in [0.5, 0.6) is 0 Å². The fourth-order valence-corrected chi connectivity index (χ4v) is 2.23. The molecule has 0 aromatic heterocycles. The first-order valence-electron chi connectivity index (χ1n) is 7.50. The second-order valence-corrected chi connectivity index (χ2v) is 5.71. The number of carbonyl (C=O) groups is 1. The van der Waals surface area contributed by atoms with Crippen molar-refractivity contribution in [1.82, 2.24) is 15.1 Å². The minimum absolute atomic E-state index is 0.205. The number of hydrogen-bond acceptors (Lipinski definition) is 4. The van der Waals surface area contributed by atoms with Crippen molar-refractivity contribution in [2.75, 3.05) is 59.5 Å². The number of nitrogens with one attached hydrogen (secondary N) is 1. The van der Waals surface area contributed by atoms with E-state index in [0.29, 0.717) is 19.7 Å². The summed E-state index contributed by atoms with van der Waals surface area (Å²) < 4.78 is 5.57. The highest BCUT2D eigenvalue weighted by molar-refractivity contribution is 5.77. The van der Waals surface area contributed by atoms with Crippen LogP contribution in [-0.2, 0) is 9.53 Å². The Morgan fingerprint density at radius 1 is 1.37 bits per heavy atom. The van der Waals surface area contributed by atoms with Crippen LogP contribution in [-0.4, -0.2) is 75.2 Å². The van der Waals surface area contributed by atoms with Crippen LogP contribution in [0.1, 0.15) is 19.3 Å². The monoisotopic (exact) mass is 269 g/mol.